The maximum absolute atomic E-state index is 6.01. The van der Waals surface area contributed by atoms with Crippen LogP contribution in [0.25, 0.3) is 0 Å². The van der Waals surface area contributed by atoms with E-state index < -0.39 is 0 Å². The van der Waals surface area contributed by atoms with Gasteiger partial charge in [0.15, 0.2) is 5.96 Å². The minimum absolute atomic E-state index is 0. The number of piperazine rings is 1. The first-order valence-electron chi connectivity index (χ1n) is 12.1. The molecule has 2 aliphatic rings. The number of nitrogens with zero attached hydrogens (tertiary/aromatic N) is 4. The third-order valence-electron chi connectivity index (χ3n) is 6.59. The van der Waals surface area contributed by atoms with Crippen LogP contribution in [0.15, 0.2) is 35.3 Å². The summed E-state index contributed by atoms with van der Waals surface area (Å²) in [4.78, 5) is 12.6. The molecule has 6 nitrogen and oxygen atoms in total. The molecule has 2 saturated heterocycles. The fraction of sp³-hybridized carbons (Fsp3) is 0.720. The quantitative estimate of drug-likeness (QED) is 0.287. The summed E-state index contributed by atoms with van der Waals surface area (Å²) in [5.74, 6) is 2.26. The molecular weight excluding hydrogens is 513 g/mol. The molecule has 0 saturated carbocycles. The molecule has 0 aromatic heterocycles. The highest BCUT2D eigenvalue weighted by Gasteiger charge is 2.27. The van der Waals surface area contributed by atoms with E-state index in [2.05, 4.69) is 72.1 Å². The number of halogens is 1. The van der Waals surface area contributed by atoms with E-state index in [1.54, 1.807) is 0 Å². The second kappa shape index (κ2) is 14.4. The molecule has 1 aromatic rings. The monoisotopic (exact) mass is 557 g/mol. The standard InChI is InChI=1S/C25H43N5O.HI/c1-5-26-25(27-17-24(21(2)3)29-15-13-28(4)14-16-29)30-12-11-23(18-30)20-31-19-22-9-7-6-8-10-22;/h6-10,21,23-24H,5,11-20H2,1-4H3,(H,26,27);1H. The average molecular weight is 558 g/mol. The lowest BCUT2D eigenvalue weighted by atomic mass is 10.0. The Morgan fingerprint density at radius 1 is 1.12 bits per heavy atom. The van der Waals surface area contributed by atoms with Gasteiger partial charge in [0.25, 0.3) is 0 Å². The van der Waals surface area contributed by atoms with E-state index >= 15 is 0 Å². The second-order valence-electron chi connectivity index (χ2n) is 9.45. The summed E-state index contributed by atoms with van der Waals surface area (Å²) < 4.78 is 6.01. The number of benzene rings is 1. The summed E-state index contributed by atoms with van der Waals surface area (Å²) in [7, 11) is 2.22. The molecule has 2 atom stereocenters. The molecular formula is C25H44IN5O. The van der Waals surface area contributed by atoms with Crippen molar-refractivity contribution in [2.24, 2.45) is 16.8 Å². The largest absolute Gasteiger partial charge is 0.376 e. The van der Waals surface area contributed by atoms with Gasteiger partial charge in [-0.3, -0.25) is 9.89 Å². The van der Waals surface area contributed by atoms with E-state index in [0.717, 1.165) is 64.9 Å². The van der Waals surface area contributed by atoms with Crippen molar-refractivity contribution in [3.8, 4) is 0 Å². The lowest BCUT2D eigenvalue weighted by Crippen LogP contribution is -2.52. The van der Waals surface area contributed by atoms with Crippen molar-refractivity contribution < 1.29 is 4.74 Å². The lowest BCUT2D eigenvalue weighted by Gasteiger charge is -2.39. The molecule has 1 aromatic carbocycles. The Kier molecular flexibility index (Phi) is 12.3. The minimum Gasteiger partial charge on any atom is -0.376 e. The van der Waals surface area contributed by atoms with Gasteiger partial charge < -0.3 is 19.9 Å². The highest BCUT2D eigenvalue weighted by Crippen LogP contribution is 2.19. The van der Waals surface area contributed by atoms with Gasteiger partial charge in [-0.1, -0.05) is 44.2 Å². The Labute approximate surface area is 212 Å². The Hall–Kier alpha value is -0.900. The number of hydrogen-bond donors (Lipinski definition) is 1. The van der Waals surface area contributed by atoms with Crippen molar-refractivity contribution in [3.05, 3.63) is 35.9 Å². The van der Waals surface area contributed by atoms with Crippen LogP contribution in [0, 0.1) is 11.8 Å². The zero-order valence-electron chi connectivity index (χ0n) is 20.5. The van der Waals surface area contributed by atoms with E-state index in [-0.39, 0.29) is 24.0 Å². The number of likely N-dealkylation sites (tertiary alicyclic amines) is 1. The second-order valence-corrected chi connectivity index (χ2v) is 9.45. The van der Waals surface area contributed by atoms with Crippen molar-refractivity contribution >= 4 is 29.9 Å². The molecule has 2 fully saturated rings. The van der Waals surface area contributed by atoms with Crippen LogP contribution < -0.4 is 5.32 Å². The van der Waals surface area contributed by atoms with Gasteiger partial charge in [0.2, 0.25) is 0 Å². The van der Waals surface area contributed by atoms with Crippen molar-refractivity contribution in [2.75, 3.05) is 66.0 Å². The molecule has 182 valence electrons. The van der Waals surface area contributed by atoms with E-state index in [9.17, 15) is 0 Å². The summed E-state index contributed by atoms with van der Waals surface area (Å²) in [6.07, 6.45) is 1.17. The molecule has 0 radical (unpaired) electrons. The molecule has 0 bridgehead atoms. The fourth-order valence-corrected chi connectivity index (χ4v) is 4.59. The molecule has 2 aliphatic heterocycles. The third-order valence-corrected chi connectivity index (χ3v) is 6.59. The average Bonchev–Trinajstić information content (AvgIpc) is 3.23. The molecule has 0 spiro atoms. The van der Waals surface area contributed by atoms with Crippen molar-refractivity contribution in [1.82, 2.24) is 20.0 Å². The predicted octanol–water partition coefficient (Wildman–Crippen LogP) is 3.38. The van der Waals surface area contributed by atoms with Gasteiger partial charge in [0.05, 0.1) is 19.8 Å². The fourth-order valence-electron chi connectivity index (χ4n) is 4.59. The molecule has 7 heteroatoms. The maximum Gasteiger partial charge on any atom is 0.193 e. The summed E-state index contributed by atoms with van der Waals surface area (Å²) in [6.45, 7) is 16.8. The topological polar surface area (TPSA) is 43.3 Å². The van der Waals surface area contributed by atoms with Gasteiger partial charge in [0, 0.05) is 57.8 Å². The number of ether oxygens (including phenoxy) is 1. The summed E-state index contributed by atoms with van der Waals surface area (Å²) >= 11 is 0. The smallest absolute Gasteiger partial charge is 0.193 e. The summed E-state index contributed by atoms with van der Waals surface area (Å²) in [6, 6.07) is 11.0. The number of aliphatic imine (C=N–C) groups is 1. The highest BCUT2D eigenvalue weighted by atomic mass is 127. The number of guanidine groups is 1. The van der Waals surface area contributed by atoms with Crippen LogP contribution in [0.4, 0.5) is 0 Å². The minimum atomic E-state index is 0. The first kappa shape index (κ1) is 27.3. The maximum atomic E-state index is 6.01. The van der Waals surface area contributed by atoms with Gasteiger partial charge in [-0.25, -0.2) is 0 Å². The molecule has 32 heavy (non-hydrogen) atoms. The molecule has 1 N–H and O–H groups in total. The Balaban J connectivity index is 0.00000363. The highest BCUT2D eigenvalue weighted by molar-refractivity contribution is 14.0. The van der Waals surface area contributed by atoms with E-state index in [0.29, 0.717) is 24.5 Å². The van der Waals surface area contributed by atoms with Gasteiger partial charge >= 0.3 is 0 Å². The molecule has 0 aliphatic carbocycles. The Morgan fingerprint density at radius 2 is 1.84 bits per heavy atom. The first-order chi connectivity index (χ1) is 15.1. The molecule has 2 heterocycles. The van der Waals surface area contributed by atoms with Crippen LogP contribution in [0.1, 0.15) is 32.8 Å². The van der Waals surface area contributed by atoms with Crippen molar-refractivity contribution in [3.63, 3.8) is 0 Å². The van der Waals surface area contributed by atoms with Crippen LogP contribution in [-0.2, 0) is 11.3 Å². The Morgan fingerprint density at radius 3 is 2.50 bits per heavy atom. The van der Waals surface area contributed by atoms with Crippen molar-refractivity contribution in [2.45, 2.75) is 39.8 Å². The summed E-state index contributed by atoms with van der Waals surface area (Å²) in [5.41, 5.74) is 1.25. The molecule has 2 unspecified atom stereocenters. The van der Waals surface area contributed by atoms with Crippen LogP contribution in [-0.4, -0.2) is 92.7 Å². The van der Waals surface area contributed by atoms with Gasteiger partial charge in [-0.15, -0.1) is 24.0 Å². The normalized spacial score (nSPS) is 21.6. The van der Waals surface area contributed by atoms with E-state index in [4.69, 9.17) is 9.73 Å². The van der Waals surface area contributed by atoms with Gasteiger partial charge in [-0.05, 0) is 31.9 Å². The van der Waals surface area contributed by atoms with Crippen LogP contribution in [0.2, 0.25) is 0 Å². The number of nitrogens with one attached hydrogen (secondary N) is 1. The van der Waals surface area contributed by atoms with Crippen LogP contribution in [0.3, 0.4) is 0 Å². The molecule has 0 amide bonds. The first-order valence-corrected chi connectivity index (χ1v) is 12.1. The lowest BCUT2D eigenvalue weighted by molar-refractivity contribution is 0.0903. The van der Waals surface area contributed by atoms with Crippen LogP contribution in [0.5, 0.6) is 0 Å². The number of rotatable bonds is 9. The summed E-state index contributed by atoms with van der Waals surface area (Å²) in [5, 5.41) is 3.54. The zero-order chi connectivity index (χ0) is 22.1. The predicted molar refractivity (Wildman–Crippen MR) is 145 cm³/mol. The number of hydrogen-bond acceptors (Lipinski definition) is 4. The van der Waals surface area contributed by atoms with Gasteiger partial charge in [-0.2, -0.15) is 0 Å². The third kappa shape index (κ3) is 8.47. The van der Waals surface area contributed by atoms with Gasteiger partial charge in [0.1, 0.15) is 0 Å². The van der Waals surface area contributed by atoms with Crippen LogP contribution >= 0.6 is 24.0 Å². The zero-order valence-corrected chi connectivity index (χ0v) is 22.8. The van der Waals surface area contributed by atoms with Crippen molar-refractivity contribution in [1.29, 1.82) is 0 Å². The van der Waals surface area contributed by atoms with E-state index in [1.807, 2.05) is 6.07 Å². The Bertz CT molecular complexity index is 664. The molecule has 3 rings (SSSR count). The van der Waals surface area contributed by atoms with E-state index in [1.165, 1.54) is 12.0 Å². The number of likely N-dealkylation sites (N-methyl/N-ethyl adjacent to an activating group) is 1. The SMILES string of the molecule is CCNC(=NCC(C(C)C)N1CCN(C)CC1)N1CCC(COCc2ccccc2)C1.I.